The van der Waals surface area contributed by atoms with Crippen molar-refractivity contribution in [2.75, 3.05) is 0 Å². The molecule has 0 aliphatic carbocycles. The van der Waals surface area contributed by atoms with Crippen molar-refractivity contribution in [2.45, 2.75) is 13.5 Å². The molecular formula is C12H13NO2S. The van der Waals surface area contributed by atoms with Crippen LogP contribution in [0.15, 0.2) is 41.9 Å². The normalized spacial score (nSPS) is 8.81. The van der Waals surface area contributed by atoms with Crippen molar-refractivity contribution < 1.29 is 9.53 Å². The third-order valence-corrected chi connectivity index (χ3v) is 2.42. The van der Waals surface area contributed by atoms with Gasteiger partial charge in [-0.25, -0.2) is 0 Å². The second-order valence-corrected chi connectivity index (χ2v) is 4.04. The van der Waals surface area contributed by atoms with Gasteiger partial charge in [-0.05, 0) is 12.5 Å². The molecule has 2 rings (SSSR count). The van der Waals surface area contributed by atoms with Crippen LogP contribution in [0.3, 0.4) is 0 Å². The van der Waals surface area contributed by atoms with E-state index < -0.39 is 0 Å². The van der Waals surface area contributed by atoms with Crippen LogP contribution in [0.4, 0.5) is 0 Å². The van der Waals surface area contributed by atoms with Crippen molar-refractivity contribution in [2.24, 2.45) is 0 Å². The minimum absolute atomic E-state index is 0.365. The third kappa shape index (κ3) is 5.26. The summed E-state index contributed by atoms with van der Waals surface area (Å²) in [5.41, 5.74) is 1.01. The van der Waals surface area contributed by atoms with Gasteiger partial charge in [0.2, 0.25) is 0 Å². The maximum absolute atomic E-state index is 9.76. The van der Waals surface area contributed by atoms with E-state index in [1.807, 2.05) is 42.6 Å². The first kappa shape index (κ1) is 12.4. The molecule has 1 heterocycles. The second-order valence-electron chi connectivity index (χ2n) is 2.94. The monoisotopic (exact) mass is 235 g/mol. The highest BCUT2D eigenvalue weighted by molar-refractivity contribution is 7.09. The van der Waals surface area contributed by atoms with Gasteiger partial charge in [0, 0.05) is 11.6 Å². The number of carbonyl (C=O) groups excluding carboxylic acids is 1. The summed E-state index contributed by atoms with van der Waals surface area (Å²) >= 11 is 1.67. The smallest absolute Gasteiger partial charge is 0.293 e. The molecule has 0 radical (unpaired) electrons. The highest BCUT2D eigenvalue weighted by Crippen LogP contribution is 1.99. The zero-order valence-electron chi connectivity index (χ0n) is 9.00. The average Bonchev–Trinajstić information content (AvgIpc) is 2.80. The first-order valence-corrected chi connectivity index (χ1v) is 5.66. The van der Waals surface area contributed by atoms with Crippen LogP contribution in [-0.2, 0) is 16.1 Å². The van der Waals surface area contributed by atoms with Crippen LogP contribution in [0.5, 0.6) is 0 Å². The van der Waals surface area contributed by atoms with Crippen LogP contribution in [-0.4, -0.2) is 11.5 Å². The first-order chi connectivity index (χ1) is 7.83. The van der Waals surface area contributed by atoms with Gasteiger partial charge in [-0.3, -0.25) is 9.78 Å². The Morgan fingerprint density at radius 3 is 2.56 bits per heavy atom. The van der Waals surface area contributed by atoms with Gasteiger partial charge < -0.3 is 4.74 Å². The Bertz CT molecular complexity index is 387. The Balaban J connectivity index is 0.000000181. The lowest BCUT2D eigenvalue weighted by molar-refractivity contribution is -0.129. The van der Waals surface area contributed by atoms with Crippen molar-refractivity contribution in [3.05, 3.63) is 52.5 Å². The summed E-state index contributed by atoms with van der Waals surface area (Å²) in [5.74, 6) is 0. The molecule has 16 heavy (non-hydrogen) atoms. The summed E-state index contributed by atoms with van der Waals surface area (Å²) in [6.07, 6.45) is 1.81. The number of nitrogens with zero attached hydrogens (tertiary/aromatic N) is 1. The molecular weight excluding hydrogens is 222 g/mol. The van der Waals surface area contributed by atoms with Crippen molar-refractivity contribution in [1.29, 1.82) is 0 Å². The number of rotatable bonds is 3. The summed E-state index contributed by atoms with van der Waals surface area (Å²) in [6, 6.07) is 9.55. The number of benzene rings is 1. The molecule has 1 aromatic carbocycles. The highest BCUT2D eigenvalue weighted by Gasteiger charge is 1.87. The predicted molar refractivity (Wildman–Crippen MR) is 64.1 cm³/mol. The number of thiazole rings is 1. The van der Waals surface area contributed by atoms with Gasteiger partial charge in [-0.2, -0.15) is 0 Å². The van der Waals surface area contributed by atoms with Crippen molar-refractivity contribution in [1.82, 2.24) is 4.98 Å². The summed E-state index contributed by atoms with van der Waals surface area (Å²) in [4.78, 5) is 13.7. The molecule has 0 fully saturated rings. The standard InChI is InChI=1S/C8H8O2.C4H5NS/c9-7-10-6-8-4-2-1-3-5-8;1-4-5-2-3-6-4/h1-5,7H,6H2;2-3H,1H3. The molecule has 0 amide bonds. The highest BCUT2D eigenvalue weighted by atomic mass is 32.1. The Morgan fingerprint density at radius 2 is 2.12 bits per heavy atom. The average molecular weight is 235 g/mol. The number of aromatic nitrogens is 1. The zero-order chi connectivity index (χ0) is 11.6. The van der Waals surface area contributed by atoms with Crippen LogP contribution in [0.25, 0.3) is 0 Å². The molecule has 0 unspecified atom stereocenters. The first-order valence-electron chi connectivity index (χ1n) is 4.78. The van der Waals surface area contributed by atoms with E-state index in [1.54, 1.807) is 17.5 Å². The molecule has 2 aromatic rings. The molecule has 1 aromatic heterocycles. The number of carbonyl (C=O) groups is 1. The van der Waals surface area contributed by atoms with Gasteiger partial charge in [0.05, 0.1) is 5.01 Å². The number of ether oxygens (including phenoxy) is 1. The molecule has 4 heteroatoms. The molecule has 84 valence electrons. The van der Waals surface area contributed by atoms with E-state index in [-0.39, 0.29) is 0 Å². The number of hydrogen-bond acceptors (Lipinski definition) is 4. The van der Waals surface area contributed by atoms with Crippen LogP contribution in [0, 0.1) is 6.92 Å². The Morgan fingerprint density at radius 1 is 1.38 bits per heavy atom. The molecule has 3 nitrogen and oxygen atoms in total. The molecule has 0 saturated heterocycles. The van der Waals surface area contributed by atoms with Crippen molar-refractivity contribution >= 4 is 17.8 Å². The lowest BCUT2D eigenvalue weighted by Crippen LogP contribution is -1.88. The summed E-state index contributed by atoms with van der Waals surface area (Å²) in [5, 5.41) is 3.10. The van der Waals surface area contributed by atoms with Gasteiger partial charge in [0.1, 0.15) is 6.61 Å². The predicted octanol–water partition coefficient (Wildman–Crippen LogP) is 2.81. The van der Waals surface area contributed by atoms with E-state index in [2.05, 4.69) is 9.72 Å². The molecule has 0 aliphatic heterocycles. The van der Waals surface area contributed by atoms with E-state index in [4.69, 9.17) is 0 Å². The fourth-order valence-corrected chi connectivity index (χ4v) is 1.44. The zero-order valence-corrected chi connectivity index (χ0v) is 9.81. The largest absolute Gasteiger partial charge is 0.463 e. The van der Waals surface area contributed by atoms with E-state index in [0.717, 1.165) is 10.6 Å². The minimum atomic E-state index is 0.365. The lowest BCUT2D eigenvalue weighted by Gasteiger charge is -1.95. The SMILES string of the molecule is Cc1nccs1.O=COCc1ccccc1. The quantitative estimate of drug-likeness (QED) is 0.768. The Kier molecular flexibility index (Phi) is 5.88. The molecule has 0 spiro atoms. The molecule has 0 aliphatic rings. The third-order valence-electron chi connectivity index (χ3n) is 1.72. The van der Waals surface area contributed by atoms with Crippen LogP contribution < -0.4 is 0 Å². The second kappa shape index (κ2) is 7.59. The summed E-state index contributed by atoms with van der Waals surface area (Å²) < 4.78 is 4.54. The van der Waals surface area contributed by atoms with Crippen molar-refractivity contribution in [3.63, 3.8) is 0 Å². The molecule has 0 N–H and O–H groups in total. The van der Waals surface area contributed by atoms with E-state index in [0.29, 0.717) is 13.1 Å². The van der Waals surface area contributed by atoms with E-state index in [9.17, 15) is 4.79 Å². The fourth-order valence-electron chi connectivity index (χ4n) is 0.999. The maximum atomic E-state index is 9.76. The van der Waals surface area contributed by atoms with Crippen LogP contribution in [0.1, 0.15) is 10.6 Å². The Labute approximate surface area is 98.7 Å². The van der Waals surface area contributed by atoms with E-state index in [1.165, 1.54) is 0 Å². The number of hydrogen-bond donors (Lipinski definition) is 0. The van der Waals surface area contributed by atoms with Gasteiger partial charge in [0.15, 0.2) is 0 Å². The van der Waals surface area contributed by atoms with Gasteiger partial charge in [0.25, 0.3) is 6.47 Å². The topological polar surface area (TPSA) is 39.2 Å². The lowest BCUT2D eigenvalue weighted by atomic mass is 10.2. The van der Waals surface area contributed by atoms with Gasteiger partial charge >= 0.3 is 0 Å². The number of aryl methyl sites for hydroxylation is 1. The van der Waals surface area contributed by atoms with Gasteiger partial charge in [-0.15, -0.1) is 11.3 Å². The minimum Gasteiger partial charge on any atom is -0.463 e. The fraction of sp³-hybridized carbons (Fsp3) is 0.167. The van der Waals surface area contributed by atoms with Crippen LogP contribution in [0.2, 0.25) is 0 Å². The summed E-state index contributed by atoms with van der Waals surface area (Å²) in [6.45, 7) is 2.81. The van der Waals surface area contributed by atoms with Crippen LogP contribution >= 0.6 is 11.3 Å². The van der Waals surface area contributed by atoms with Gasteiger partial charge in [-0.1, -0.05) is 30.3 Å². The molecule has 0 bridgehead atoms. The Hall–Kier alpha value is -1.68. The van der Waals surface area contributed by atoms with Crippen molar-refractivity contribution in [3.8, 4) is 0 Å². The maximum Gasteiger partial charge on any atom is 0.293 e. The summed E-state index contributed by atoms with van der Waals surface area (Å²) in [7, 11) is 0. The molecule has 0 saturated carbocycles. The molecule has 0 atom stereocenters. The van der Waals surface area contributed by atoms with E-state index >= 15 is 0 Å².